The van der Waals surface area contributed by atoms with Gasteiger partial charge in [0.2, 0.25) is 0 Å². The van der Waals surface area contributed by atoms with Crippen molar-refractivity contribution < 1.29 is 5.11 Å². The molecular formula is C10H17N3OS. The van der Waals surface area contributed by atoms with Gasteiger partial charge in [-0.15, -0.1) is 11.8 Å². The van der Waals surface area contributed by atoms with Crippen LogP contribution in [0, 0.1) is 0 Å². The summed E-state index contributed by atoms with van der Waals surface area (Å²) in [6.45, 7) is 3.26. The summed E-state index contributed by atoms with van der Waals surface area (Å²) >= 11 is 1.62. The smallest absolute Gasteiger partial charge is 0.145 e. The fourth-order valence-corrected chi connectivity index (χ4v) is 1.78. The van der Waals surface area contributed by atoms with Gasteiger partial charge >= 0.3 is 0 Å². The van der Waals surface area contributed by atoms with E-state index in [1.54, 1.807) is 24.2 Å². The van der Waals surface area contributed by atoms with Gasteiger partial charge in [0.25, 0.3) is 0 Å². The van der Waals surface area contributed by atoms with Crippen LogP contribution in [0.15, 0.2) is 17.4 Å². The number of aliphatic hydroxyl groups is 1. The number of nitrogens with one attached hydrogen (secondary N) is 1. The van der Waals surface area contributed by atoms with Crippen molar-refractivity contribution >= 4 is 17.6 Å². The average molecular weight is 227 g/mol. The fourth-order valence-electron chi connectivity index (χ4n) is 0.997. The van der Waals surface area contributed by atoms with Crippen LogP contribution in [0.1, 0.15) is 19.8 Å². The highest BCUT2D eigenvalue weighted by Gasteiger charge is 1.98. The molecule has 2 N–H and O–H groups in total. The number of aliphatic hydroxyl groups excluding tert-OH is 1. The first kappa shape index (κ1) is 12.3. The Kier molecular flexibility index (Phi) is 6.11. The van der Waals surface area contributed by atoms with Crippen LogP contribution in [0.5, 0.6) is 0 Å². The van der Waals surface area contributed by atoms with E-state index in [-0.39, 0.29) is 6.61 Å². The molecule has 0 fully saturated rings. The SMILES string of the molecule is CCCNc1cncc(SCCCO)n1. The lowest BCUT2D eigenvalue weighted by atomic mass is 10.5. The standard InChI is InChI=1S/C10H17N3OS/c1-2-4-12-9-7-11-8-10(13-9)15-6-3-5-14/h7-8,14H,2-6H2,1H3,(H,12,13). The molecule has 1 rings (SSSR count). The Morgan fingerprint density at radius 2 is 2.33 bits per heavy atom. The largest absolute Gasteiger partial charge is 0.396 e. The highest BCUT2D eigenvalue weighted by Crippen LogP contribution is 2.16. The predicted molar refractivity (Wildman–Crippen MR) is 63.2 cm³/mol. The zero-order chi connectivity index (χ0) is 10.9. The minimum absolute atomic E-state index is 0.230. The predicted octanol–water partition coefficient (Wildman–Crippen LogP) is 1.77. The van der Waals surface area contributed by atoms with E-state index in [1.165, 1.54) is 0 Å². The van der Waals surface area contributed by atoms with Crippen molar-refractivity contribution in [2.45, 2.75) is 24.8 Å². The van der Waals surface area contributed by atoms with Crippen molar-refractivity contribution in [1.29, 1.82) is 0 Å². The van der Waals surface area contributed by atoms with Gasteiger partial charge in [-0.25, -0.2) is 4.98 Å². The van der Waals surface area contributed by atoms with E-state index < -0.39 is 0 Å². The molecule has 0 spiro atoms. The van der Waals surface area contributed by atoms with Crippen molar-refractivity contribution in [1.82, 2.24) is 9.97 Å². The van der Waals surface area contributed by atoms with Gasteiger partial charge in [-0.1, -0.05) is 6.92 Å². The first-order valence-corrected chi connectivity index (χ1v) is 6.15. The molecule has 4 nitrogen and oxygen atoms in total. The Bertz CT molecular complexity index is 283. The summed E-state index contributed by atoms with van der Waals surface area (Å²) in [4.78, 5) is 8.50. The molecule has 0 saturated heterocycles. The Hall–Kier alpha value is -0.810. The summed E-state index contributed by atoms with van der Waals surface area (Å²) in [7, 11) is 0. The molecule has 0 aliphatic carbocycles. The molecule has 15 heavy (non-hydrogen) atoms. The molecule has 0 saturated carbocycles. The minimum atomic E-state index is 0.230. The molecule has 1 aromatic heterocycles. The van der Waals surface area contributed by atoms with Gasteiger partial charge in [0.1, 0.15) is 10.8 Å². The number of anilines is 1. The molecule has 0 aliphatic rings. The van der Waals surface area contributed by atoms with Crippen molar-refractivity contribution in [2.75, 3.05) is 24.2 Å². The highest BCUT2D eigenvalue weighted by molar-refractivity contribution is 7.99. The highest BCUT2D eigenvalue weighted by atomic mass is 32.2. The van der Waals surface area contributed by atoms with Gasteiger partial charge in [-0.2, -0.15) is 0 Å². The fraction of sp³-hybridized carbons (Fsp3) is 0.600. The molecule has 84 valence electrons. The van der Waals surface area contributed by atoms with Crippen LogP contribution in [-0.2, 0) is 0 Å². The minimum Gasteiger partial charge on any atom is -0.396 e. The van der Waals surface area contributed by atoms with Crippen molar-refractivity contribution in [2.24, 2.45) is 0 Å². The number of aromatic nitrogens is 2. The summed E-state index contributed by atoms with van der Waals surface area (Å²) in [5.74, 6) is 1.70. The van der Waals surface area contributed by atoms with Crippen LogP contribution >= 0.6 is 11.8 Å². The lowest BCUT2D eigenvalue weighted by Gasteiger charge is -2.04. The van der Waals surface area contributed by atoms with Crippen LogP contribution in [-0.4, -0.2) is 34.0 Å². The van der Waals surface area contributed by atoms with E-state index >= 15 is 0 Å². The van der Waals surface area contributed by atoms with Crippen molar-refractivity contribution in [3.05, 3.63) is 12.4 Å². The van der Waals surface area contributed by atoms with Gasteiger partial charge in [0.15, 0.2) is 0 Å². The number of nitrogens with zero attached hydrogens (tertiary/aromatic N) is 2. The summed E-state index contributed by atoms with van der Waals surface area (Å²) in [5, 5.41) is 12.7. The second kappa shape index (κ2) is 7.48. The Labute approximate surface area is 94.5 Å². The summed E-state index contributed by atoms with van der Waals surface area (Å²) in [5.41, 5.74) is 0. The number of thioether (sulfide) groups is 1. The third-order valence-electron chi connectivity index (χ3n) is 1.72. The molecule has 5 heteroatoms. The molecule has 0 aromatic carbocycles. The monoisotopic (exact) mass is 227 g/mol. The first-order chi connectivity index (χ1) is 7.36. The van der Waals surface area contributed by atoms with Crippen LogP contribution in [0.4, 0.5) is 5.82 Å². The van der Waals surface area contributed by atoms with Gasteiger partial charge < -0.3 is 10.4 Å². The van der Waals surface area contributed by atoms with Gasteiger partial charge in [-0.3, -0.25) is 4.98 Å². The van der Waals surface area contributed by atoms with Gasteiger partial charge in [0.05, 0.1) is 12.4 Å². The second-order valence-corrected chi connectivity index (χ2v) is 4.21. The summed E-state index contributed by atoms with van der Waals surface area (Å²) in [6, 6.07) is 0. The molecule has 0 unspecified atom stereocenters. The number of hydrogen-bond donors (Lipinski definition) is 2. The maximum atomic E-state index is 8.65. The number of rotatable bonds is 7. The Morgan fingerprint density at radius 3 is 3.07 bits per heavy atom. The lowest BCUT2D eigenvalue weighted by molar-refractivity contribution is 0.296. The molecule has 1 aromatic rings. The van der Waals surface area contributed by atoms with E-state index in [9.17, 15) is 0 Å². The maximum absolute atomic E-state index is 8.65. The molecule has 1 heterocycles. The Balaban J connectivity index is 2.42. The van der Waals surface area contributed by atoms with Crippen LogP contribution < -0.4 is 5.32 Å². The Morgan fingerprint density at radius 1 is 1.47 bits per heavy atom. The zero-order valence-electron chi connectivity index (χ0n) is 8.94. The average Bonchev–Trinajstić information content (AvgIpc) is 2.27. The third-order valence-corrected chi connectivity index (χ3v) is 2.71. The van der Waals surface area contributed by atoms with Crippen molar-refractivity contribution in [3.8, 4) is 0 Å². The molecule has 0 atom stereocenters. The van der Waals surface area contributed by atoms with E-state index in [0.717, 1.165) is 36.0 Å². The van der Waals surface area contributed by atoms with Gasteiger partial charge in [-0.05, 0) is 12.8 Å². The van der Waals surface area contributed by atoms with Crippen LogP contribution in [0.2, 0.25) is 0 Å². The van der Waals surface area contributed by atoms with E-state index in [0.29, 0.717) is 0 Å². The summed E-state index contributed by atoms with van der Waals surface area (Å²) < 4.78 is 0. The number of hydrogen-bond acceptors (Lipinski definition) is 5. The zero-order valence-corrected chi connectivity index (χ0v) is 9.76. The molecular weight excluding hydrogens is 210 g/mol. The van der Waals surface area contributed by atoms with Crippen LogP contribution in [0.25, 0.3) is 0 Å². The van der Waals surface area contributed by atoms with Crippen molar-refractivity contribution in [3.63, 3.8) is 0 Å². The molecule has 0 amide bonds. The first-order valence-electron chi connectivity index (χ1n) is 5.16. The quantitative estimate of drug-likeness (QED) is 0.549. The molecule has 0 aliphatic heterocycles. The van der Waals surface area contributed by atoms with Gasteiger partial charge in [0, 0.05) is 18.9 Å². The molecule has 0 bridgehead atoms. The molecule has 0 radical (unpaired) electrons. The second-order valence-electron chi connectivity index (χ2n) is 3.09. The van der Waals surface area contributed by atoms with E-state index in [1.807, 2.05) is 0 Å². The normalized spacial score (nSPS) is 10.3. The third kappa shape index (κ3) is 4.99. The topological polar surface area (TPSA) is 58.0 Å². The van der Waals surface area contributed by atoms with E-state index in [2.05, 4.69) is 22.2 Å². The van der Waals surface area contributed by atoms with E-state index in [4.69, 9.17) is 5.11 Å². The maximum Gasteiger partial charge on any atom is 0.145 e. The summed E-state index contributed by atoms with van der Waals surface area (Å²) in [6.07, 6.45) is 5.34. The lowest BCUT2D eigenvalue weighted by Crippen LogP contribution is -2.02. The van der Waals surface area contributed by atoms with Crippen LogP contribution in [0.3, 0.4) is 0 Å².